The van der Waals surface area contributed by atoms with Crippen molar-refractivity contribution < 1.29 is 17.9 Å². The zero-order chi connectivity index (χ0) is 25.5. The molecule has 188 valence electrons. The van der Waals surface area contributed by atoms with Gasteiger partial charge in [0.25, 0.3) is 0 Å². The quantitative estimate of drug-likeness (QED) is 0.409. The van der Waals surface area contributed by atoms with Gasteiger partial charge in [-0.1, -0.05) is 48.0 Å². The first-order valence-electron chi connectivity index (χ1n) is 11.6. The monoisotopic (exact) mass is 525 g/mol. The Kier molecular flexibility index (Phi) is 8.62. The summed E-state index contributed by atoms with van der Waals surface area (Å²) in [6.45, 7) is 2.80. The van der Waals surface area contributed by atoms with Gasteiger partial charge in [-0.2, -0.15) is 9.57 Å². The number of rotatable bonds is 9. The largest absolute Gasteiger partial charge is 0.497 e. The highest BCUT2D eigenvalue weighted by molar-refractivity contribution is 7.89. The summed E-state index contributed by atoms with van der Waals surface area (Å²) >= 11 is 6.10. The van der Waals surface area contributed by atoms with Crippen molar-refractivity contribution >= 4 is 21.6 Å². The maximum Gasteiger partial charge on any atom is 0.244 e. The summed E-state index contributed by atoms with van der Waals surface area (Å²) < 4.78 is 39.4. The van der Waals surface area contributed by atoms with Crippen molar-refractivity contribution in [1.29, 1.82) is 5.26 Å². The maximum absolute atomic E-state index is 13.2. The molecule has 9 heteroatoms. The van der Waals surface area contributed by atoms with E-state index in [0.717, 1.165) is 16.9 Å². The van der Waals surface area contributed by atoms with Crippen LogP contribution in [0, 0.1) is 11.3 Å². The molecule has 0 unspecified atom stereocenters. The van der Waals surface area contributed by atoms with Crippen molar-refractivity contribution in [2.75, 3.05) is 39.8 Å². The molecule has 1 atom stereocenters. The Morgan fingerprint density at radius 2 is 1.72 bits per heavy atom. The lowest BCUT2D eigenvalue weighted by Gasteiger charge is -2.36. The van der Waals surface area contributed by atoms with E-state index in [2.05, 4.69) is 4.90 Å². The van der Waals surface area contributed by atoms with Crippen molar-refractivity contribution in [2.45, 2.75) is 17.6 Å². The molecule has 0 aliphatic carbocycles. The lowest BCUT2D eigenvalue weighted by Crippen LogP contribution is -2.49. The Balaban J connectivity index is 1.44. The number of hydrogen-bond acceptors (Lipinski definition) is 6. The Hall–Kier alpha value is -2.93. The fraction of sp³-hybridized carbons (Fsp3) is 0.296. The second-order valence-corrected chi connectivity index (χ2v) is 10.9. The molecule has 3 aromatic rings. The normalized spacial score (nSPS) is 15.8. The Labute approximate surface area is 217 Å². The molecular weight excluding hydrogens is 498 g/mol. The number of piperazine rings is 1. The van der Waals surface area contributed by atoms with Gasteiger partial charge < -0.3 is 9.47 Å². The molecule has 1 heterocycles. The van der Waals surface area contributed by atoms with Crippen molar-refractivity contribution in [1.82, 2.24) is 9.21 Å². The highest BCUT2D eigenvalue weighted by Gasteiger charge is 2.31. The molecule has 1 aliphatic rings. The minimum atomic E-state index is -3.74. The van der Waals surface area contributed by atoms with Gasteiger partial charge in [0, 0.05) is 37.7 Å². The molecule has 0 spiro atoms. The van der Waals surface area contributed by atoms with E-state index in [-0.39, 0.29) is 16.6 Å². The van der Waals surface area contributed by atoms with E-state index in [4.69, 9.17) is 21.1 Å². The SMILES string of the molecule is COc1cccc(CO[C@H](CN2CCN(S(=O)(=O)c3ccccc3C#N)CC2)c2ccc(Cl)cc2)c1. The van der Waals surface area contributed by atoms with Gasteiger partial charge >= 0.3 is 0 Å². The fourth-order valence-corrected chi connectivity index (χ4v) is 5.89. The number of hydrogen-bond donors (Lipinski definition) is 0. The van der Waals surface area contributed by atoms with E-state index in [1.54, 1.807) is 19.2 Å². The lowest BCUT2D eigenvalue weighted by atomic mass is 10.1. The maximum atomic E-state index is 13.2. The number of benzene rings is 3. The van der Waals surface area contributed by atoms with Crippen LogP contribution in [-0.2, 0) is 21.4 Å². The average molecular weight is 526 g/mol. The molecule has 0 N–H and O–H groups in total. The molecule has 0 bridgehead atoms. The van der Waals surface area contributed by atoms with Crippen molar-refractivity contribution in [2.24, 2.45) is 0 Å². The summed E-state index contributed by atoms with van der Waals surface area (Å²) in [5.74, 6) is 0.773. The molecule has 36 heavy (non-hydrogen) atoms. The van der Waals surface area contributed by atoms with Gasteiger partial charge in [-0.25, -0.2) is 8.42 Å². The third-order valence-corrected chi connectivity index (χ3v) is 8.42. The number of halogens is 1. The smallest absolute Gasteiger partial charge is 0.244 e. The molecule has 1 saturated heterocycles. The van der Waals surface area contributed by atoms with Crippen molar-refractivity contribution in [3.05, 3.63) is 94.5 Å². The third kappa shape index (κ3) is 6.25. The summed E-state index contributed by atoms with van der Waals surface area (Å²) in [6.07, 6.45) is -0.226. The van der Waals surface area contributed by atoms with Crippen molar-refractivity contribution in [3.8, 4) is 11.8 Å². The minimum absolute atomic E-state index is 0.0570. The lowest BCUT2D eigenvalue weighted by molar-refractivity contribution is 0.00767. The summed E-state index contributed by atoms with van der Waals surface area (Å²) in [7, 11) is -2.11. The minimum Gasteiger partial charge on any atom is -0.497 e. The summed E-state index contributed by atoms with van der Waals surface area (Å²) in [5.41, 5.74) is 2.16. The first-order chi connectivity index (χ1) is 17.4. The molecule has 1 fully saturated rings. The molecule has 7 nitrogen and oxygen atoms in total. The van der Waals surface area contributed by atoms with Crippen LogP contribution in [0.1, 0.15) is 22.8 Å². The fourth-order valence-electron chi connectivity index (χ4n) is 4.20. The van der Waals surface area contributed by atoms with Crippen LogP contribution in [0.25, 0.3) is 0 Å². The number of ether oxygens (including phenoxy) is 2. The molecule has 1 aliphatic heterocycles. The predicted octanol–water partition coefficient (Wildman–Crippen LogP) is 4.48. The molecule has 0 saturated carbocycles. The molecule has 3 aromatic carbocycles. The van der Waals surface area contributed by atoms with E-state index >= 15 is 0 Å². The van der Waals surface area contributed by atoms with Gasteiger partial charge in [-0.05, 0) is 47.5 Å². The zero-order valence-electron chi connectivity index (χ0n) is 20.0. The van der Waals surface area contributed by atoms with Gasteiger partial charge in [0.2, 0.25) is 10.0 Å². The van der Waals surface area contributed by atoms with Crippen LogP contribution in [0.2, 0.25) is 5.02 Å². The van der Waals surface area contributed by atoms with Crippen LogP contribution in [0.5, 0.6) is 5.75 Å². The van der Waals surface area contributed by atoms with E-state index in [1.165, 1.54) is 16.4 Å². The number of nitrogens with zero attached hydrogens (tertiary/aromatic N) is 3. The molecule has 0 aromatic heterocycles. The van der Waals surface area contributed by atoms with Crippen LogP contribution in [0.3, 0.4) is 0 Å². The van der Waals surface area contributed by atoms with Crippen LogP contribution >= 0.6 is 11.6 Å². The topological polar surface area (TPSA) is 82.9 Å². The highest BCUT2D eigenvalue weighted by Crippen LogP contribution is 2.26. The zero-order valence-corrected chi connectivity index (χ0v) is 21.6. The van der Waals surface area contributed by atoms with Gasteiger partial charge in [0.15, 0.2) is 0 Å². The van der Waals surface area contributed by atoms with Gasteiger partial charge in [0.05, 0.1) is 30.3 Å². The molecule has 0 amide bonds. The average Bonchev–Trinajstić information content (AvgIpc) is 2.92. The molecule has 4 rings (SSSR count). The Bertz CT molecular complexity index is 1320. The third-order valence-electron chi connectivity index (χ3n) is 6.21. The van der Waals surface area contributed by atoms with E-state index < -0.39 is 10.0 Å². The van der Waals surface area contributed by atoms with E-state index in [0.29, 0.717) is 44.4 Å². The van der Waals surface area contributed by atoms with Gasteiger partial charge in [-0.3, -0.25) is 4.90 Å². The molecular formula is C27H28ClN3O4S. The first-order valence-corrected chi connectivity index (χ1v) is 13.4. The van der Waals surface area contributed by atoms with Crippen molar-refractivity contribution in [3.63, 3.8) is 0 Å². The standard InChI is InChI=1S/C27H28ClN3O4S/c1-34-25-7-4-5-21(17-25)20-35-26(22-9-11-24(28)12-10-22)19-30-13-15-31(16-14-30)36(32,33)27-8-3-2-6-23(27)18-29/h2-12,17,26H,13-16,19-20H2,1H3/t26-/m1/s1. The summed E-state index contributed by atoms with van der Waals surface area (Å²) in [6, 6.07) is 23.7. The van der Waals surface area contributed by atoms with E-state index in [9.17, 15) is 13.7 Å². The Morgan fingerprint density at radius 3 is 2.42 bits per heavy atom. The second kappa shape index (κ2) is 11.9. The Morgan fingerprint density at radius 1 is 1.00 bits per heavy atom. The summed E-state index contributed by atoms with van der Waals surface area (Å²) in [5, 5.41) is 9.99. The van der Waals surface area contributed by atoms with Crippen LogP contribution in [0.4, 0.5) is 0 Å². The van der Waals surface area contributed by atoms with Crippen LogP contribution < -0.4 is 4.74 Å². The number of sulfonamides is 1. The van der Waals surface area contributed by atoms with E-state index in [1.807, 2.05) is 54.6 Å². The number of methoxy groups -OCH3 is 1. The highest BCUT2D eigenvalue weighted by atomic mass is 35.5. The van der Waals surface area contributed by atoms with Gasteiger partial charge in [-0.15, -0.1) is 0 Å². The van der Waals surface area contributed by atoms with Gasteiger partial charge in [0.1, 0.15) is 11.8 Å². The predicted molar refractivity (Wildman–Crippen MR) is 138 cm³/mol. The van der Waals surface area contributed by atoms with Crippen LogP contribution in [0.15, 0.2) is 77.7 Å². The molecule has 0 radical (unpaired) electrons. The second-order valence-electron chi connectivity index (χ2n) is 8.52. The van der Waals surface area contributed by atoms with Crippen LogP contribution in [-0.4, -0.2) is 57.5 Å². The summed E-state index contributed by atoms with van der Waals surface area (Å²) in [4.78, 5) is 2.26. The first kappa shape index (κ1) is 26.1. The number of nitriles is 1.